The third-order valence-electron chi connectivity index (χ3n) is 5.68. The summed E-state index contributed by atoms with van der Waals surface area (Å²) in [5, 5.41) is 23.8. The molecule has 0 atom stereocenters. The van der Waals surface area contributed by atoms with Crippen LogP contribution >= 0.6 is 0 Å². The Balaban J connectivity index is 0.000000489. The smallest absolute Gasteiger partial charge is 0.303 e. The van der Waals surface area contributed by atoms with E-state index in [1.807, 2.05) is 0 Å². The highest BCUT2D eigenvalue weighted by Crippen LogP contribution is 2.22. The zero-order valence-electron chi connectivity index (χ0n) is 23.1. The van der Waals surface area contributed by atoms with Gasteiger partial charge in [-0.15, -0.1) is 0 Å². The average Bonchev–Trinajstić information content (AvgIpc) is 2.60. The predicted octanol–water partition coefficient (Wildman–Crippen LogP) is 6.46. The fraction of sp³-hybridized carbons (Fsp3) is 0.786. The van der Waals surface area contributed by atoms with E-state index < -0.39 is 11.9 Å². The molecule has 0 saturated carbocycles. The van der Waals surface area contributed by atoms with E-state index >= 15 is 0 Å². The van der Waals surface area contributed by atoms with Gasteiger partial charge >= 0.3 is 11.9 Å². The number of nitrogens with one attached hydrogen (secondary N) is 2. The zero-order valence-corrected chi connectivity index (χ0v) is 23.1. The molecule has 0 unspecified atom stereocenters. The van der Waals surface area contributed by atoms with Crippen LogP contribution in [-0.2, 0) is 9.59 Å². The Labute approximate surface area is 208 Å². The van der Waals surface area contributed by atoms with Crippen LogP contribution in [0.1, 0.15) is 120 Å². The van der Waals surface area contributed by atoms with Crippen molar-refractivity contribution in [1.82, 2.24) is 10.6 Å². The van der Waals surface area contributed by atoms with Crippen molar-refractivity contribution in [3.8, 4) is 0 Å². The molecule has 0 aliphatic carbocycles. The lowest BCUT2D eigenvalue weighted by molar-refractivity contribution is -0.138. The van der Waals surface area contributed by atoms with Crippen molar-refractivity contribution in [3.63, 3.8) is 0 Å². The first kappa shape index (κ1) is 32.3. The highest BCUT2D eigenvalue weighted by Gasteiger charge is 2.28. The van der Waals surface area contributed by atoms with E-state index in [-0.39, 0.29) is 35.0 Å². The van der Waals surface area contributed by atoms with Crippen LogP contribution in [0.5, 0.6) is 0 Å². The Kier molecular flexibility index (Phi) is 14.0. The van der Waals surface area contributed by atoms with E-state index in [9.17, 15) is 9.59 Å². The van der Waals surface area contributed by atoms with Gasteiger partial charge in [-0.05, 0) is 81.1 Å². The summed E-state index contributed by atoms with van der Waals surface area (Å²) in [5.74, 6) is -1.48. The monoisotopic (exact) mass is 480 g/mol. The van der Waals surface area contributed by atoms with Gasteiger partial charge in [0.15, 0.2) is 0 Å². The Bertz CT molecular complexity index is 618. The molecule has 0 spiro atoms. The number of carbonyl (C=O) groups is 2. The van der Waals surface area contributed by atoms with Gasteiger partial charge in [-0.2, -0.15) is 0 Å². The second-order valence-corrected chi connectivity index (χ2v) is 12.1. The minimum Gasteiger partial charge on any atom is -0.481 e. The van der Waals surface area contributed by atoms with Crippen LogP contribution in [0.3, 0.4) is 0 Å². The fourth-order valence-corrected chi connectivity index (χ4v) is 4.49. The molecule has 198 valence electrons. The molecule has 0 bridgehead atoms. The van der Waals surface area contributed by atoms with Crippen LogP contribution in [0, 0.1) is 0 Å². The van der Waals surface area contributed by atoms with Gasteiger partial charge in [0.2, 0.25) is 0 Å². The third-order valence-corrected chi connectivity index (χ3v) is 5.68. The summed E-state index contributed by atoms with van der Waals surface area (Å²) in [6.07, 6.45) is 17.1. The number of aliphatic carboxylic acids is 2. The summed E-state index contributed by atoms with van der Waals surface area (Å²) < 4.78 is 0. The summed E-state index contributed by atoms with van der Waals surface area (Å²) in [6.45, 7) is 17.7. The lowest BCUT2D eigenvalue weighted by Crippen LogP contribution is -2.52. The van der Waals surface area contributed by atoms with Crippen molar-refractivity contribution < 1.29 is 19.8 Å². The number of hydrogen-bond donors (Lipinski definition) is 4. The Morgan fingerprint density at radius 3 is 1.12 bits per heavy atom. The number of carboxylic acid groups (broad SMARTS) is 2. The van der Waals surface area contributed by atoms with Crippen molar-refractivity contribution in [2.75, 3.05) is 0 Å². The quantitative estimate of drug-likeness (QED) is 0.223. The molecule has 0 amide bonds. The molecular formula is C28H52N2O4. The maximum Gasteiger partial charge on any atom is 0.303 e. The van der Waals surface area contributed by atoms with Gasteiger partial charge in [0.25, 0.3) is 0 Å². The maximum absolute atomic E-state index is 10.1. The molecule has 34 heavy (non-hydrogen) atoms. The van der Waals surface area contributed by atoms with E-state index in [1.54, 1.807) is 0 Å². The summed E-state index contributed by atoms with van der Waals surface area (Å²) in [4.78, 5) is 20.3. The molecule has 2 aliphatic heterocycles. The van der Waals surface area contributed by atoms with Crippen LogP contribution < -0.4 is 10.6 Å². The lowest BCUT2D eigenvalue weighted by Gasteiger charge is -2.38. The second-order valence-electron chi connectivity index (χ2n) is 12.1. The predicted molar refractivity (Wildman–Crippen MR) is 142 cm³/mol. The standard InChI is InChI=1S/C10H18O4.2C9H17N/c11-9(12)7-5-3-1-2-4-6-8-10(13)14;2*1-8(2)6-5-7-9(3,4)10-8/h1-8H2,(H,11,12)(H,13,14);2*5-6,10H,7H2,1-4H3. The average molecular weight is 481 g/mol. The van der Waals surface area contributed by atoms with Crippen LogP contribution in [0.15, 0.2) is 24.3 Å². The van der Waals surface area contributed by atoms with Crippen molar-refractivity contribution >= 4 is 11.9 Å². The molecule has 0 aromatic heterocycles. The molecule has 6 nitrogen and oxygen atoms in total. The Morgan fingerprint density at radius 2 is 0.912 bits per heavy atom. The fourth-order valence-electron chi connectivity index (χ4n) is 4.49. The van der Waals surface area contributed by atoms with E-state index in [2.05, 4.69) is 90.3 Å². The summed E-state index contributed by atoms with van der Waals surface area (Å²) in [5.41, 5.74) is 0.917. The second kappa shape index (κ2) is 14.7. The van der Waals surface area contributed by atoms with Gasteiger partial charge < -0.3 is 20.8 Å². The number of hydrogen-bond acceptors (Lipinski definition) is 4. The van der Waals surface area contributed by atoms with Gasteiger partial charge in [-0.1, -0.05) is 50.0 Å². The number of carboxylic acids is 2. The van der Waals surface area contributed by atoms with Crippen molar-refractivity contribution in [2.24, 2.45) is 0 Å². The molecule has 0 aromatic carbocycles. The molecule has 2 rings (SSSR count). The first-order valence-corrected chi connectivity index (χ1v) is 12.8. The highest BCUT2D eigenvalue weighted by molar-refractivity contribution is 5.66. The van der Waals surface area contributed by atoms with E-state index in [0.717, 1.165) is 51.4 Å². The molecule has 0 radical (unpaired) electrons. The van der Waals surface area contributed by atoms with Crippen LogP contribution in [0.25, 0.3) is 0 Å². The van der Waals surface area contributed by atoms with Crippen LogP contribution in [0.2, 0.25) is 0 Å². The van der Waals surface area contributed by atoms with Crippen LogP contribution in [-0.4, -0.2) is 44.3 Å². The summed E-state index contributed by atoms with van der Waals surface area (Å²) in [6, 6.07) is 0. The maximum atomic E-state index is 10.1. The summed E-state index contributed by atoms with van der Waals surface area (Å²) in [7, 11) is 0. The van der Waals surface area contributed by atoms with E-state index in [0.29, 0.717) is 0 Å². The Hall–Kier alpha value is -1.66. The molecular weight excluding hydrogens is 428 g/mol. The molecule has 4 N–H and O–H groups in total. The molecule has 0 aromatic rings. The van der Waals surface area contributed by atoms with Gasteiger partial charge in [-0.3, -0.25) is 9.59 Å². The molecule has 6 heteroatoms. The van der Waals surface area contributed by atoms with Gasteiger partial charge in [-0.25, -0.2) is 0 Å². The lowest BCUT2D eigenvalue weighted by atomic mass is 9.89. The number of unbranched alkanes of at least 4 members (excludes halogenated alkanes) is 5. The topological polar surface area (TPSA) is 98.7 Å². The first-order valence-electron chi connectivity index (χ1n) is 12.8. The van der Waals surface area contributed by atoms with Crippen molar-refractivity contribution in [1.29, 1.82) is 0 Å². The first-order chi connectivity index (χ1) is 15.5. The van der Waals surface area contributed by atoms with E-state index in [4.69, 9.17) is 10.2 Å². The normalized spacial score (nSPS) is 20.8. The zero-order chi connectivity index (χ0) is 26.5. The molecule has 0 fully saturated rings. The molecule has 2 heterocycles. The summed E-state index contributed by atoms with van der Waals surface area (Å²) >= 11 is 0. The molecule has 2 aliphatic rings. The molecule has 0 saturated heterocycles. The SMILES string of the molecule is CC1(C)C=CCC(C)(C)N1.CC1(C)C=CCC(C)(C)N1.O=C(O)CCCCCCCCC(=O)O. The van der Waals surface area contributed by atoms with Crippen molar-refractivity contribution in [3.05, 3.63) is 24.3 Å². The Morgan fingerprint density at radius 1 is 0.618 bits per heavy atom. The highest BCUT2D eigenvalue weighted by atomic mass is 16.4. The van der Waals surface area contributed by atoms with Gasteiger partial charge in [0.1, 0.15) is 0 Å². The number of rotatable bonds is 9. The third kappa shape index (κ3) is 18.7. The van der Waals surface area contributed by atoms with E-state index in [1.165, 1.54) is 0 Å². The van der Waals surface area contributed by atoms with Crippen LogP contribution in [0.4, 0.5) is 0 Å². The largest absolute Gasteiger partial charge is 0.481 e. The van der Waals surface area contributed by atoms with Gasteiger partial charge in [0, 0.05) is 35.0 Å². The minimum absolute atomic E-state index is 0.182. The van der Waals surface area contributed by atoms with Gasteiger partial charge in [0.05, 0.1) is 0 Å². The van der Waals surface area contributed by atoms with Crippen molar-refractivity contribution in [2.45, 2.75) is 142 Å². The minimum atomic E-state index is -0.740.